The zero-order valence-electron chi connectivity index (χ0n) is 30.5. The van der Waals surface area contributed by atoms with Gasteiger partial charge < -0.3 is 11.7 Å². The van der Waals surface area contributed by atoms with E-state index in [1.165, 1.54) is 55.2 Å². The summed E-state index contributed by atoms with van der Waals surface area (Å²) in [5, 5.41) is 0. The predicted octanol–water partition coefficient (Wildman–Crippen LogP) is 7.13. The van der Waals surface area contributed by atoms with Gasteiger partial charge in [0.1, 0.15) is 11.0 Å². The fraction of sp³-hybridized carbons (Fsp3) is 0.622. The van der Waals surface area contributed by atoms with E-state index in [0.29, 0.717) is 0 Å². The van der Waals surface area contributed by atoms with Crippen LogP contribution in [0, 0.1) is 6.92 Å². The van der Waals surface area contributed by atoms with Crippen molar-refractivity contribution in [1.29, 1.82) is 0 Å². The Kier molecular flexibility index (Phi) is 31.5. The summed E-state index contributed by atoms with van der Waals surface area (Å²) in [6.07, 6.45) is 10.5. The zero-order valence-corrected chi connectivity index (χ0v) is 35.1. The Morgan fingerprint density at radius 2 is 1.23 bits per heavy atom. The van der Waals surface area contributed by atoms with Crippen molar-refractivity contribution < 1.29 is 32.0 Å². The third-order valence-corrected chi connectivity index (χ3v) is 10.2. The minimum atomic E-state index is -1.17. The summed E-state index contributed by atoms with van der Waals surface area (Å²) in [4.78, 5) is 0. The molecule has 2 saturated carbocycles. The number of nitrogens with one attached hydrogen (secondary N) is 1. The van der Waals surface area contributed by atoms with Gasteiger partial charge in [-0.1, -0.05) is 62.9 Å². The Hall–Kier alpha value is -0.0226. The van der Waals surface area contributed by atoms with E-state index in [9.17, 15) is 8.42 Å². The molecule has 11 heteroatoms. The maximum atomic E-state index is 12.2. The van der Waals surface area contributed by atoms with Gasteiger partial charge in [-0.3, -0.25) is 0 Å². The van der Waals surface area contributed by atoms with E-state index in [4.69, 9.17) is 4.74 Å². The minimum Gasteiger partial charge on any atom is -0.381 e. The van der Waals surface area contributed by atoms with Gasteiger partial charge in [-0.2, -0.15) is 51.8 Å². The molecule has 2 aliphatic carbocycles. The second kappa shape index (κ2) is 27.6. The van der Waals surface area contributed by atoms with E-state index < -0.39 is 22.0 Å². The van der Waals surface area contributed by atoms with E-state index in [1.807, 2.05) is 41.5 Å². The molecule has 48 heavy (non-hydrogen) atoms. The number of nitrogens with zero attached hydrogens (tertiary/aromatic N) is 1. The van der Waals surface area contributed by atoms with Crippen molar-refractivity contribution in [2.24, 2.45) is 4.40 Å². The van der Waals surface area contributed by atoms with Crippen LogP contribution in [0.25, 0.3) is 0 Å². The van der Waals surface area contributed by atoms with Crippen molar-refractivity contribution in [2.75, 3.05) is 13.2 Å². The molecule has 1 N–H and O–H groups in total. The topological polar surface area (TPSA) is 67.8 Å². The first-order valence-corrected chi connectivity index (χ1v) is 18.3. The van der Waals surface area contributed by atoms with Gasteiger partial charge in [0, 0.05) is 25.5 Å². The molecule has 274 valence electrons. The quantitative estimate of drug-likeness (QED) is 0.177. The fourth-order valence-corrected chi connectivity index (χ4v) is 5.61. The summed E-state index contributed by atoms with van der Waals surface area (Å²) >= 11 is 0. The second-order valence-corrected chi connectivity index (χ2v) is 17.2. The summed E-state index contributed by atoms with van der Waals surface area (Å²) in [5.74, 6) is 1.58. The summed E-state index contributed by atoms with van der Waals surface area (Å²) in [6, 6.07) is 17.4. The van der Waals surface area contributed by atoms with Crippen LogP contribution in [0.5, 0.6) is 0 Å². The largest absolute Gasteiger partial charge is 1.00 e. The second-order valence-electron chi connectivity index (χ2n) is 13.3. The van der Waals surface area contributed by atoms with Gasteiger partial charge in [0.05, 0.1) is 20.5 Å². The molecule has 1 saturated heterocycles. The monoisotopic (exact) mass is 754 g/mol. The molecule has 1 aliphatic heterocycles. The Balaban J connectivity index is -0.000000310. The zero-order chi connectivity index (χ0) is 32.0. The SMILES string of the molecule is C.C1CCOC1.CC(C)(C)[S@](=O)N=Cc1ccc(C2CC2)cc1.CC[C@H](NS(=O)C(C)(C)C)c1ccc(C2CC2)cc1.S.S.S.[CH2-]C.[Li+]. The maximum Gasteiger partial charge on any atom is 1.00 e. The first-order chi connectivity index (χ1) is 20.4. The summed E-state index contributed by atoms with van der Waals surface area (Å²) in [6.45, 7) is 20.9. The van der Waals surface area contributed by atoms with Crippen LogP contribution in [0.2, 0.25) is 0 Å². The molecule has 1 heterocycles. The summed E-state index contributed by atoms with van der Waals surface area (Å²) in [5.41, 5.74) is 5.13. The molecule has 0 amide bonds. The molecule has 0 aromatic heterocycles. The normalized spacial score (nSPS) is 16.8. The van der Waals surface area contributed by atoms with Gasteiger partial charge >= 0.3 is 18.9 Å². The summed E-state index contributed by atoms with van der Waals surface area (Å²) in [7, 11) is -2.19. The Morgan fingerprint density at radius 3 is 1.54 bits per heavy atom. The molecule has 3 fully saturated rings. The van der Waals surface area contributed by atoms with Crippen molar-refractivity contribution in [1.82, 2.24) is 4.72 Å². The average Bonchev–Trinajstić information content (AvgIpc) is 3.94. The molecule has 2 aromatic carbocycles. The van der Waals surface area contributed by atoms with Gasteiger partial charge in [-0.05, 0) is 121 Å². The van der Waals surface area contributed by atoms with Crippen LogP contribution in [0.15, 0.2) is 52.9 Å². The Bertz CT molecular complexity index is 1150. The molecular formula is C37H67LiN2O3S5. The van der Waals surface area contributed by atoms with Crippen molar-refractivity contribution in [3.63, 3.8) is 0 Å². The van der Waals surface area contributed by atoms with E-state index >= 15 is 0 Å². The molecule has 0 bridgehead atoms. The maximum absolute atomic E-state index is 12.2. The van der Waals surface area contributed by atoms with Crippen LogP contribution in [-0.4, -0.2) is 37.3 Å². The molecule has 0 spiro atoms. The van der Waals surface area contributed by atoms with Gasteiger partial charge in [0.25, 0.3) is 0 Å². The van der Waals surface area contributed by atoms with Crippen molar-refractivity contribution in [3.8, 4) is 0 Å². The average molecular weight is 755 g/mol. The van der Waals surface area contributed by atoms with Crippen LogP contribution >= 0.6 is 40.5 Å². The molecule has 0 radical (unpaired) electrons. The molecule has 3 atom stereocenters. The van der Waals surface area contributed by atoms with Crippen molar-refractivity contribution >= 4 is 68.7 Å². The van der Waals surface area contributed by atoms with E-state index in [-0.39, 0.29) is 82.3 Å². The third-order valence-electron chi connectivity index (χ3n) is 7.24. The molecule has 1 unspecified atom stereocenters. The standard InChI is InChI=1S/C16H25NOS.C14H19NOS.C4H8O.C2H5.CH4.Li.3H2S/c1-5-15(17-19(18)16(2,3)4)14-10-8-13(9-11-14)12-6-7-12;1-14(2,3)17(16)15-10-11-4-6-12(7-5-11)13-8-9-13;1-2-4-5-3-1;1-2;;;;;/h8-12,15,17H,5-7H2,1-4H3;4-7,10,13H,8-9H2,1-3H3;1-4H2;1H2,2H3;1H4;;3*1H2/q;;;-1;;+1;;;/t15-,19?;17-;;;;;;;/m00......./s1. The van der Waals surface area contributed by atoms with Crippen LogP contribution in [0.3, 0.4) is 0 Å². The molecule has 3 aliphatic rings. The first-order valence-electron chi connectivity index (χ1n) is 16.0. The van der Waals surface area contributed by atoms with Crippen LogP contribution < -0.4 is 23.6 Å². The van der Waals surface area contributed by atoms with Crippen molar-refractivity contribution in [2.45, 2.75) is 135 Å². The van der Waals surface area contributed by atoms with E-state index in [2.05, 4.69) is 71.5 Å². The third kappa shape index (κ3) is 21.4. The number of rotatable bonds is 8. The van der Waals surface area contributed by atoms with Gasteiger partial charge in [-0.15, -0.1) is 0 Å². The van der Waals surface area contributed by atoms with Gasteiger partial charge in [-0.25, -0.2) is 13.1 Å². The van der Waals surface area contributed by atoms with Crippen LogP contribution in [-0.2, 0) is 26.7 Å². The van der Waals surface area contributed by atoms with Crippen molar-refractivity contribution in [3.05, 3.63) is 77.7 Å². The number of benzene rings is 2. The van der Waals surface area contributed by atoms with E-state index in [1.54, 1.807) is 13.1 Å². The van der Waals surface area contributed by atoms with Crippen LogP contribution in [0.1, 0.15) is 148 Å². The molecule has 5 nitrogen and oxygen atoms in total. The van der Waals surface area contributed by atoms with E-state index in [0.717, 1.165) is 37.0 Å². The molecular weight excluding hydrogens is 688 g/mol. The predicted molar refractivity (Wildman–Crippen MR) is 225 cm³/mol. The first kappa shape index (κ1) is 54.7. The molecule has 5 rings (SSSR count). The summed E-state index contributed by atoms with van der Waals surface area (Å²) < 4.78 is 35.7. The van der Waals surface area contributed by atoms with Gasteiger partial charge in [0.15, 0.2) is 0 Å². The number of hydrogen-bond donors (Lipinski definition) is 1. The molecule has 2 aromatic rings. The fourth-order valence-electron chi connectivity index (χ4n) is 4.16. The minimum absolute atomic E-state index is 0. The van der Waals surface area contributed by atoms with Gasteiger partial charge in [0.2, 0.25) is 0 Å². The smallest absolute Gasteiger partial charge is 0.381 e. The Morgan fingerprint density at radius 1 is 0.812 bits per heavy atom. The Labute approximate surface area is 333 Å². The van der Waals surface area contributed by atoms with Crippen LogP contribution in [0.4, 0.5) is 0 Å². The number of ether oxygens (including phenoxy) is 1. The number of hydrogen-bond acceptors (Lipinski definition) is 3.